The van der Waals surface area contributed by atoms with Gasteiger partial charge in [-0.25, -0.2) is 9.59 Å². The van der Waals surface area contributed by atoms with Gasteiger partial charge in [-0.3, -0.25) is 0 Å². The lowest BCUT2D eigenvalue weighted by Gasteiger charge is -2.11. The van der Waals surface area contributed by atoms with Gasteiger partial charge in [0.05, 0.1) is 14.2 Å². The molecule has 0 N–H and O–H groups in total. The number of ether oxygens (including phenoxy) is 2. The quantitative estimate of drug-likeness (QED) is 0.457. The van der Waals surface area contributed by atoms with Crippen LogP contribution in [-0.4, -0.2) is 44.3 Å². The van der Waals surface area contributed by atoms with Crippen LogP contribution in [0.25, 0.3) is 0 Å². The zero-order valence-electron chi connectivity index (χ0n) is 8.28. The van der Waals surface area contributed by atoms with Crippen LogP contribution in [0, 0.1) is 0 Å². The second-order valence-corrected chi connectivity index (χ2v) is 2.97. The Balaban J connectivity index is 2.53. The van der Waals surface area contributed by atoms with Crippen LogP contribution in [0.5, 0.6) is 0 Å². The third-order valence-corrected chi connectivity index (χ3v) is 2.05. The minimum absolute atomic E-state index is 0.363. The molecule has 1 heterocycles. The van der Waals surface area contributed by atoms with Gasteiger partial charge < -0.3 is 14.4 Å². The summed E-state index contributed by atoms with van der Waals surface area (Å²) in [6.07, 6.45) is 1.76. The lowest BCUT2D eigenvalue weighted by atomic mass is 10.2. The maximum atomic E-state index is 11.1. The lowest BCUT2D eigenvalue weighted by molar-refractivity contribution is -0.134. The van der Waals surface area contributed by atoms with Gasteiger partial charge in [0.1, 0.15) is 0 Å². The number of carbonyl (C=O) groups excluding carboxylic acids is 2. The molecule has 78 valence electrons. The molecule has 5 nitrogen and oxygen atoms in total. The number of esters is 1. The summed E-state index contributed by atoms with van der Waals surface area (Å²) in [5.41, 5.74) is 0.891. The van der Waals surface area contributed by atoms with E-state index in [1.165, 1.54) is 25.2 Å². The van der Waals surface area contributed by atoms with E-state index in [0.29, 0.717) is 19.5 Å². The van der Waals surface area contributed by atoms with Crippen molar-refractivity contribution in [2.24, 2.45) is 0 Å². The van der Waals surface area contributed by atoms with Crippen molar-refractivity contribution < 1.29 is 19.1 Å². The highest BCUT2D eigenvalue weighted by atomic mass is 16.5. The van der Waals surface area contributed by atoms with Crippen LogP contribution in [0.2, 0.25) is 0 Å². The summed E-state index contributed by atoms with van der Waals surface area (Å²) in [6.45, 7) is 1.04. The largest absolute Gasteiger partial charge is 0.466 e. The van der Waals surface area contributed by atoms with E-state index in [4.69, 9.17) is 0 Å². The molecule has 0 radical (unpaired) electrons. The van der Waals surface area contributed by atoms with Crippen molar-refractivity contribution in [1.29, 1.82) is 0 Å². The summed E-state index contributed by atoms with van der Waals surface area (Å²) >= 11 is 0. The Morgan fingerprint density at radius 3 is 2.64 bits per heavy atom. The molecule has 1 saturated heterocycles. The van der Waals surface area contributed by atoms with Crippen molar-refractivity contribution in [3.63, 3.8) is 0 Å². The summed E-state index contributed by atoms with van der Waals surface area (Å²) in [5.74, 6) is -0.383. The van der Waals surface area contributed by atoms with Gasteiger partial charge in [-0.1, -0.05) is 0 Å². The molecule has 1 fully saturated rings. The molecule has 5 heteroatoms. The number of methoxy groups -OCH3 is 2. The van der Waals surface area contributed by atoms with Crippen molar-refractivity contribution in [3.05, 3.63) is 11.6 Å². The fourth-order valence-electron chi connectivity index (χ4n) is 1.31. The number of hydrogen-bond donors (Lipinski definition) is 0. The van der Waals surface area contributed by atoms with Crippen LogP contribution in [0.1, 0.15) is 6.42 Å². The van der Waals surface area contributed by atoms with E-state index >= 15 is 0 Å². The number of carbonyl (C=O) groups is 2. The second kappa shape index (κ2) is 4.64. The minimum Gasteiger partial charge on any atom is -0.466 e. The standard InChI is InChI=1S/C9H13NO4/c1-13-8(11)5-7-3-4-10(6-7)9(12)14-2/h5H,3-4,6H2,1-2H3/b7-5+. The zero-order chi connectivity index (χ0) is 10.6. The van der Waals surface area contributed by atoms with Gasteiger partial charge >= 0.3 is 12.1 Å². The SMILES string of the molecule is COC(=O)/C=C1\CCN(C(=O)OC)C1. The Morgan fingerprint density at radius 1 is 1.36 bits per heavy atom. The molecule has 0 aromatic heterocycles. The molecule has 0 saturated carbocycles. The zero-order valence-corrected chi connectivity index (χ0v) is 8.28. The summed E-state index contributed by atoms with van der Waals surface area (Å²) in [4.78, 5) is 23.5. The predicted molar refractivity (Wildman–Crippen MR) is 48.7 cm³/mol. The van der Waals surface area contributed by atoms with Gasteiger partial charge in [-0.05, 0) is 12.0 Å². The summed E-state index contributed by atoms with van der Waals surface area (Å²) < 4.78 is 9.04. The van der Waals surface area contributed by atoms with Gasteiger partial charge in [-0.15, -0.1) is 0 Å². The Hall–Kier alpha value is -1.52. The first kappa shape index (κ1) is 10.6. The third-order valence-electron chi connectivity index (χ3n) is 2.05. The molecule has 0 unspecified atom stereocenters. The first-order valence-corrected chi connectivity index (χ1v) is 4.27. The van der Waals surface area contributed by atoms with Crippen LogP contribution in [0.3, 0.4) is 0 Å². The first-order valence-electron chi connectivity index (χ1n) is 4.27. The van der Waals surface area contributed by atoms with Crippen molar-refractivity contribution in [2.75, 3.05) is 27.3 Å². The van der Waals surface area contributed by atoms with E-state index in [2.05, 4.69) is 9.47 Å². The Labute approximate surface area is 82.3 Å². The summed E-state index contributed by atoms with van der Waals surface area (Å²) in [5, 5.41) is 0. The molecule has 0 atom stereocenters. The van der Waals surface area contributed by atoms with E-state index in [-0.39, 0.29) is 12.1 Å². The number of hydrogen-bond acceptors (Lipinski definition) is 4. The van der Waals surface area contributed by atoms with Crippen LogP contribution in [0.4, 0.5) is 4.79 Å². The number of likely N-dealkylation sites (tertiary alicyclic amines) is 1. The lowest BCUT2D eigenvalue weighted by Crippen LogP contribution is -2.27. The number of nitrogens with zero attached hydrogens (tertiary/aromatic N) is 1. The number of rotatable bonds is 1. The van der Waals surface area contributed by atoms with Crippen molar-refractivity contribution in [2.45, 2.75) is 6.42 Å². The Kier molecular flexibility index (Phi) is 3.50. The second-order valence-electron chi connectivity index (χ2n) is 2.97. The molecule has 0 bridgehead atoms. The first-order chi connectivity index (χ1) is 6.67. The summed E-state index contributed by atoms with van der Waals surface area (Å²) in [7, 11) is 2.66. The normalized spacial score (nSPS) is 18.4. The van der Waals surface area contributed by atoms with Crippen molar-refractivity contribution >= 4 is 12.1 Å². The fraction of sp³-hybridized carbons (Fsp3) is 0.556. The van der Waals surface area contributed by atoms with E-state index in [1.54, 1.807) is 0 Å². The molecular weight excluding hydrogens is 186 g/mol. The molecule has 14 heavy (non-hydrogen) atoms. The molecule has 1 aliphatic rings. The van der Waals surface area contributed by atoms with Crippen LogP contribution in [0.15, 0.2) is 11.6 Å². The average Bonchev–Trinajstić information content (AvgIpc) is 2.65. The highest BCUT2D eigenvalue weighted by Gasteiger charge is 2.22. The van der Waals surface area contributed by atoms with E-state index in [0.717, 1.165) is 5.57 Å². The van der Waals surface area contributed by atoms with Crippen LogP contribution >= 0.6 is 0 Å². The highest BCUT2D eigenvalue weighted by Crippen LogP contribution is 2.15. The topological polar surface area (TPSA) is 55.8 Å². The highest BCUT2D eigenvalue weighted by molar-refractivity contribution is 5.83. The maximum absolute atomic E-state index is 11.1. The monoisotopic (exact) mass is 199 g/mol. The predicted octanol–water partition coefficient (Wildman–Crippen LogP) is 0.558. The van der Waals surface area contributed by atoms with Gasteiger partial charge in [0, 0.05) is 19.2 Å². The fourth-order valence-corrected chi connectivity index (χ4v) is 1.31. The third kappa shape index (κ3) is 2.48. The Bertz CT molecular complexity index is 272. The molecule has 1 amide bonds. The smallest absolute Gasteiger partial charge is 0.409 e. The van der Waals surface area contributed by atoms with Gasteiger partial charge in [0.2, 0.25) is 0 Å². The van der Waals surface area contributed by atoms with Gasteiger partial charge in [0.25, 0.3) is 0 Å². The number of amides is 1. The van der Waals surface area contributed by atoms with Gasteiger partial charge in [0.15, 0.2) is 0 Å². The Morgan fingerprint density at radius 2 is 2.07 bits per heavy atom. The van der Waals surface area contributed by atoms with Crippen molar-refractivity contribution in [3.8, 4) is 0 Å². The molecule has 0 aliphatic carbocycles. The molecule has 1 aliphatic heterocycles. The van der Waals surface area contributed by atoms with E-state index in [9.17, 15) is 9.59 Å². The van der Waals surface area contributed by atoms with E-state index in [1.807, 2.05) is 0 Å². The average molecular weight is 199 g/mol. The van der Waals surface area contributed by atoms with E-state index < -0.39 is 0 Å². The maximum Gasteiger partial charge on any atom is 0.409 e. The molecule has 0 spiro atoms. The molecule has 0 aromatic rings. The molecule has 0 aromatic carbocycles. The van der Waals surface area contributed by atoms with Crippen LogP contribution in [-0.2, 0) is 14.3 Å². The molecule has 1 rings (SSSR count). The van der Waals surface area contributed by atoms with Gasteiger partial charge in [-0.2, -0.15) is 0 Å². The van der Waals surface area contributed by atoms with Crippen molar-refractivity contribution in [1.82, 2.24) is 4.90 Å². The molecular formula is C9H13NO4. The minimum atomic E-state index is -0.383. The summed E-state index contributed by atoms with van der Waals surface area (Å²) in [6, 6.07) is 0. The van der Waals surface area contributed by atoms with Crippen LogP contribution < -0.4 is 0 Å².